The van der Waals surface area contributed by atoms with Gasteiger partial charge >= 0.3 is 0 Å². The monoisotopic (exact) mass is 322 g/mol. The van der Waals surface area contributed by atoms with Gasteiger partial charge in [-0.2, -0.15) is 0 Å². The highest BCUT2D eigenvalue weighted by molar-refractivity contribution is 5.16. The van der Waals surface area contributed by atoms with Crippen LogP contribution in [0.2, 0.25) is 0 Å². The predicted octanol–water partition coefficient (Wildman–Crippen LogP) is 3.12. The van der Waals surface area contributed by atoms with E-state index in [1.807, 2.05) is 0 Å². The molecule has 0 aromatic rings. The summed E-state index contributed by atoms with van der Waals surface area (Å²) < 4.78 is 0. The number of fused-ring (bicyclic) bond motifs is 3. The van der Waals surface area contributed by atoms with Crippen LogP contribution >= 0.6 is 0 Å². The molecule has 0 aliphatic heterocycles. The lowest BCUT2D eigenvalue weighted by Crippen LogP contribution is -2.57. The van der Waals surface area contributed by atoms with Crippen LogP contribution in [0.25, 0.3) is 0 Å². The molecule has 0 aromatic carbocycles. The van der Waals surface area contributed by atoms with Crippen LogP contribution in [0.3, 0.4) is 0 Å². The smallest absolute Gasteiger partial charge is 0.0910 e. The number of hydrogen-bond acceptors (Lipinski definition) is 3. The van der Waals surface area contributed by atoms with E-state index in [4.69, 9.17) is 0 Å². The van der Waals surface area contributed by atoms with Crippen molar-refractivity contribution >= 4 is 0 Å². The van der Waals surface area contributed by atoms with E-state index in [9.17, 15) is 15.3 Å². The minimum Gasteiger partial charge on any atom is -0.396 e. The summed E-state index contributed by atoms with van der Waals surface area (Å²) >= 11 is 0. The van der Waals surface area contributed by atoms with Crippen molar-refractivity contribution in [3.05, 3.63) is 0 Å². The van der Waals surface area contributed by atoms with E-state index in [0.717, 1.165) is 25.7 Å². The minimum absolute atomic E-state index is 0.0688. The molecule has 0 heterocycles. The Bertz CT molecular complexity index is 493. The first-order valence-electron chi connectivity index (χ1n) is 9.76. The van der Waals surface area contributed by atoms with Crippen LogP contribution in [-0.4, -0.2) is 34.1 Å². The van der Waals surface area contributed by atoms with Crippen LogP contribution in [0.1, 0.15) is 71.6 Å². The van der Waals surface area contributed by atoms with Gasteiger partial charge in [0.1, 0.15) is 0 Å². The fourth-order valence-corrected chi connectivity index (χ4v) is 8.13. The molecule has 3 nitrogen and oxygen atoms in total. The molecule has 2 bridgehead atoms. The largest absolute Gasteiger partial charge is 0.396 e. The first-order chi connectivity index (χ1) is 10.8. The summed E-state index contributed by atoms with van der Waals surface area (Å²) in [7, 11) is 0. The summed E-state index contributed by atoms with van der Waals surface area (Å²) in [6, 6.07) is 0. The molecule has 0 saturated heterocycles. The molecule has 4 rings (SSSR count). The normalized spacial score (nSPS) is 58.6. The Morgan fingerprint density at radius 2 is 1.70 bits per heavy atom. The van der Waals surface area contributed by atoms with Crippen LogP contribution in [0.5, 0.6) is 0 Å². The van der Waals surface area contributed by atoms with E-state index in [2.05, 4.69) is 13.8 Å². The van der Waals surface area contributed by atoms with Crippen LogP contribution in [0.15, 0.2) is 0 Å². The highest BCUT2D eigenvalue weighted by Crippen LogP contribution is 2.72. The molecule has 1 spiro atoms. The Morgan fingerprint density at radius 3 is 2.39 bits per heavy atom. The first kappa shape index (κ1) is 16.4. The molecule has 0 aromatic heterocycles. The molecular formula is C20H34O3. The molecule has 4 aliphatic rings. The molecule has 3 heteroatoms. The van der Waals surface area contributed by atoms with E-state index < -0.39 is 5.60 Å². The van der Waals surface area contributed by atoms with Crippen molar-refractivity contribution in [2.24, 2.45) is 34.0 Å². The van der Waals surface area contributed by atoms with Gasteiger partial charge in [-0.1, -0.05) is 20.3 Å². The number of rotatable bonds is 2. The van der Waals surface area contributed by atoms with Crippen LogP contribution in [0, 0.1) is 34.0 Å². The standard InChI is InChI=1S/C20H34O3/c1-17(12-21)7-3-8-18(2)15(17)6-9-19-10-14(4-5-16(18)19)20(23,11-19)13-22/h14-16,21-23H,3-13H2,1-2H3/t14-,15+,16-,17?,18+,19-,20-/m0/s1. The Labute approximate surface area is 140 Å². The predicted molar refractivity (Wildman–Crippen MR) is 89.8 cm³/mol. The Balaban J connectivity index is 1.71. The first-order valence-corrected chi connectivity index (χ1v) is 9.76. The molecule has 1 unspecified atom stereocenters. The third-order valence-corrected chi connectivity index (χ3v) is 9.08. The van der Waals surface area contributed by atoms with Crippen molar-refractivity contribution in [2.45, 2.75) is 77.2 Å². The van der Waals surface area contributed by atoms with Gasteiger partial charge in [0.05, 0.1) is 12.2 Å². The van der Waals surface area contributed by atoms with Crippen LogP contribution in [0.4, 0.5) is 0 Å². The van der Waals surface area contributed by atoms with E-state index in [1.165, 1.54) is 32.1 Å². The molecule has 7 atom stereocenters. The van der Waals surface area contributed by atoms with Gasteiger partial charge in [-0.15, -0.1) is 0 Å². The van der Waals surface area contributed by atoms with Crippen molar-refractivity contribution in [2.75, 3.05) is 13.2 Å². The molecule has 4 saturated carbocycles. The quantitative estimate of drug-likeness (QED) is 0.732. The number of aliphatic hydroxyl groups is 3. The highest BCUT2D eigenvalue weighted by Gasteiger charge is 2.67. The molecule has 0 radical (unpaired) electrons. The van der Waals surface area contributed by atoms with Crippen LogP contribution in [-0.2, 0) is 0 Å². The van der Waals surface area contributed by atoms with E-state index in [-0.39, 0.29) is 17.4 Å². The van der Waals surface area contributed by atoms with Crippen LogP contribution < -0.4 is 0 Å². The fourth-order valence-electron chi connectivity index (χ4n) is 8.13. The lowest BCUT2D eigenvalue weighted by atomic mass is 9.41. The fraction of sp³-hybridized carbons (Fsp3) is 1.00. The van der Waals surface area contributed by atoms with Gasteiger partial charge in [0.2, 0.25) is 0 Å². The number of aliphatic hydroxyl groups excluding tert-OH is 2. The second kappa shape index (κ2) is 4.95. The maximum Gasteiger partial charge on any atom is 0.0910 e. The van der Waals surface area contributed by atoms with E-state index in [1.54, 1.807) is 0 Å². The minimum atomic E-state index is -0.826. The van der Waals surface area contributed by atoms with E-state index in [0.29, 0.717) is 29.8 Å². The maximum absolute atomic E-state index is 10.9. The number of hydrogen-bond donors (Lipinski definition) is 3. The molecule has 4 fully saturated rings. The highest BCUT2D eigenvalue weighted by atomic mass is 16.3. The summed E-state index contributed by atoms with van der Waals surface area (Å²) in [4.78, 5) is 0. The molecule has 0 amide bonds. The van der Waals surface area contributed by atoms with Crippen molar-refractivity contribution < 1.29 is 15.3 Å². The van der Waals surface area contributed by atoms with Crippen molar-refractivity contribution in [1.82, 2.24) is 0 Å². The lowest BCUT2D eigenvalue weighted by Gasteiger charge is -2.64. The Kier molecular flexibility index (Phi) is 3.52. The zero-order valence-electron chi connectivity index (χ0n) is 14.9. The zero-order valence-corrected chi connectivity index (χ0v) is 14.9. The van der Waals surface area contributed by atoms with Gasteiger partial charge < -0.3 is 15.3 Å². The molecular weight excluding hydrogens is 288 g/mol. The van der Waals surface area contributed by atoms with Gasteiger partial charge in [0, 0.05) is 6.61 Å². The SMILES string of the molecule is CC1(CO)CCC[C@]2(C)[C@@H]1CC[C@@]13C[C@H](CC[C@H]12)[C@@](O)(CO)C3. The molecule has 3 N–H and O–H groups in total. The molecule has 23 heavy (non-hydrogen) atoms. The summed E-state index contributed by atoms with van der Waals surface area (Å²) in [6.07, 6.45) is 10.3. The van der Waals surface area contributed by atoms with Gasteiger partial charge in [-0.05, 0) is 85.4 Å². The molecule has 132 valence electrons. The van der Waals surface area contributed by atoms with Gasteiger partial charge in [0.25, 0.3) is 0 Å². The van der Waals surface area contributed by atoms with Crippen molar-refractivity contribution in [1.29, 1.82) is 0 Å². The average Bonchev–Trinajstić information content (AvgIpc) is 2.74. The summed E-state index contributed by atoms with van der Waals surface area (Å²) in [5.41, 5.74) is -0.191. The third kappa shape index (κ3) is 1.99. The van der Waals surface area contributed by atoms with Gasteiger partial charge in [-0.3, -0.25) is 0 Å². The lowest BCUT2D eigenvalue weighted by molar-refractivity contribution is -0.159. The Hall–Kier alpha value is -0.120. The van der Waals surface area contributed by atoms with Gasteiger partial charge in [-0.25, -0.2) is 0 Å². The van der Waals surface area contributed by atoms with Crippen molar-refractivity contribution in [3.8, 4) is 0 Å². The third-order valence-electron chi connectivity index (χ3n) is 9.08. The Morgan fingerprint density at radius 1 is 0.913 bits per heavy atom. The van der Waals surface area contributed by atoms with Crippen molar-refractivity contribution in [3.63, 3.8) is 0 Å². The second-order valence-corrected chi connectivity index (χ2v) is 10.1. The van der Waals surface area contributed by atoms with E-state index >= 15 is 0 Å². The second-order valence-electron chi connectivity index (χ2n) is 10.1. The molecule has 4 aliphatic carbocycles. The summed E-state index contributed by atoms with van der Waals surface area (Å²) in [6.45, 7) is 5.04. The zero-order chi connectivity index (χ0) is 16.5. The summed E-state index contributed by atoms with van der Waals surface area (Å²) in [5, 5.41) is 30.8. The van der Waals surface area contributed by atoms with Gasteiger partial charge in [0.15, 0.2) is 0 Å². The summed E-state index contributed by atoms with van der Waals surface area (Å²) in [5.74, 6) is 1.58. The maximum atomic E-state index is 10.9. The average molecular weight is 322 g/mol. The topological polar surface area (TPSA) is 60.7 Å².